The summed E-state index contributed by atoms with van der Waals surface area (Å²) in [6.45, 7) is 7.07. The summed E-state index contributed by atoms with van der Waals surface area (Å²) in [5.74, 6) is 2.36. The zero-order valence-corrected chi connectivity index (χ0v) is 10.5. The van der Waals surface area contributed by atoms with Crippen molar-refractivity contribution in [3.8, 4) is 0 Å². The SMILES string of the molecule is CC1CN(C(=O)C2CCCC2CN)CC1C. The van der Waals surface area contributed by atoms with Gasteiger partial charge in [-0.05, 0) is 37.1 Å². The van der Waals surface area contributed by atoms with Gasteiger partial charge in [0.1, 0.15) is 0 Å². The quantitative estimate of drug-likeness (QED) is 0.772. The van der Waals surface area contributed by atoms with Crippen LogP contribution in [0.3, 0.4) is 0 Å². The van der Waals surface area contributed by atoms with E-state index in [4.69, 9.17) is 5.73 Å². The van der Waals surface area contributed by atoms with E-state index in [0.29, 0.717) is 30.2 Å². The maximum atomic E-state index is 12.4. The van der Waals surface area contributed by atoms with Gasteiger partial charge in [-0.15, -0.1) is 0 Å². The van der Waals surface area contributed by atoms with Crippen molar-refractivity contribution in [1.29, 1.82) is 0 Å². The second kappa shape index (κ2) is 4.74. The fourth-order valence-electron chi connectivity index (χ4n) is 3.19. The van der Waals surface area contributed by atoms with Crippen molar-refractivity contribution in [2.75, 3.05) is 19.6 Å². The summed E-state index contributed by atoms with van der Waals surface area (Å²) in [6.07, 6.45) is 3.38. The summed E-state index contributed by atoms with van der Waals surface area (Å²) in [5, 5.41) is 0. The number of nitrogens with two attached hydrogens (primary N) is 1. The highest BCUT2D eigenvalue weighted by molar-refractivity contribution is 5.79. The first kappa shape index (κ1) is 11.9. The van der Waals surface area contributed by atoms with Gasteiger partial charge in [-0.25, -0.2) is 0 Å². The number of hydrogen-bond acceptors (Lipinski definition) is 2. The molecule has 0 aromatic heterocycles. The smallest absolute Gasteiger partial charge is 0.226 e. The van der Waals surface area contributed by atoms with Gasteiger partial charge in [0, 0.05) is 19.0 Å². The van der Waals surface area contributed by atoms with Gasteiger partial charge in [0.05, 0.1) is 0 Å². The summed E-state index contributed by atoms with van der Waals surface area (Å²) in [5.41, 5.74) is 5.74. The molecule has 2 fully saturated rings. The number of amides is 1. The Labute approximate surface area is 98.4 Å². The third-order valence-corrected chi connectivity index (χ3v) is 4.58. The Bertz CT molecular complexity index is 257. The molecule has 1 heterocycles. The fourth-order valence-corrected chi connectivity index (χ4v) is 3.19. The zero-order valence-electron chi connectivity index (χ0n) is 10.5. The molecule has 92 valence electrons. The Morgan fingerprint density at radius 1 is 1.25 bits per heavy atom. The molecular weight excluding hydrogens is 200 g/mol. The molecule has 1 amide bonds. The van der Waals surface area contributed by atoms with Gasteiger partial charge in [-0.2, -0.15) is 0 Å². The molecule has 1 aliphatic carbocycles. The van der Waals surface area contributed by atoms with E-state index in [1.165, 1.54) is 6.42 Å². The van der Waals surface area contributed by atoms with Crippen molar-refractivity contribution in [3.05, 3.63) is 0 Å². The molecule has 2 aliphatic rings. The van der Waals surface area contributed by atoms with Crippen LogP contribution in [0.25, 0.3) is 0 Å². The van der Waals surface area contributed by atoms with Crippen LogP contribution in [0.1, 0.15) is 33.1 Å². The topological polar surface area (TPSA) is 46.3 Å². The minimum atomic E-state index is 0.225. The number of rotatable bonds is 2. The lowest BCUT2D eigenvalue weighted by molar-refractivity contribution is -0.135. The first-order chi connectivity index (χ1) is 7.63. The van der Waals surface area contributed by atoms with Gasteiger partial charge < -0.3 is 10.6 Å². The largest absolute Gasteiger partial charge is 0.342 e. The summed E-state index contributed by atoms with van der Waals surface area (Å²) in [7, 11) is 0. The highest BCUT2D eigenvalue weighted by atomic mass is 16.2. The van der Waals surface area contributed by atoms with Crippen LogP contribution in [-0.4, -0.2) is 30.4 Å². The van der Waals surface area contributed by atoms with Crippen molar-refractivity contribution in [3.63, 3.8) is 0 Å². The molecule has 0 radical (unpaired) electrons. The van der Waals surface area contributed by atoms with Gasteiger partial charge in [0.25, 0.3) is 0 Å². The monoisotopic (exact) mass is 224 g/mol. The number of carbonyl (C=O) groups excluding carboxylic acids is 1. The normalized spacial score (nSPS) is 39.3. The molecule has 2 N–H and O–H groups in total. The Balaban J connectivity index is 1.97. The zero-order chi connectivity index (χ0) is 11.7. The predicted octanol–water partition coefficient (Wildman–Crippen LogP) is 1.48. The maximum absolute atomic E-state index is 12.4. The second-order valence-corrected chi connectivity index (χ2v) is 5.73. The van der Waals surface area contributed by atoms with E-state index in [-0.39, 0.29) is 5.92 Å². The van der Waals surface area contributed by atoms with Crippen molar-refractivity contribution in [2.45, 2.75) is 33.1 Å². The molecule has 1 saturated heterocycles. The molecule has 0 spiro atoms. The van der Waals surface area contributed by atoms with Crippen LogP contribution in [0.4, 0.5) is 0 Å². The average molecular weight is 224 g/mol. The van der Waals surface area contributed by atoms with Crippen molar-refractivity contribution < 1.29 is 4.79 Å². The van der Waals surface area contributed by atoms with Gasteiger partial charge >= 0.3 is 0 Å². The molecule has 4 unspecified atom stereocenters. The van der Waals surface area contributed by atoms with Crippen LogP contribution >= 0.6 is 0 Å². The van der Waals surface area contributed by atoms with E-state index >= 15 is 0 Å². The van der Waals surface area contributed by atoms with Crippen molar-refractivity contribution in [1.82, 2.24) is 4.90 Å². The predicted molar refractivity (Wildman–Crippen MR) is 64.8 cm³/mol. The molecular formula is C13H24N2O. The minimum Gasteiger partial charge on any atom is -0.342 e. The molecule has 0 aromatic rings. The van der Waals surface area contributed by atoms with Crippen LogP contribution in [0.15, 0.2) is 0 Å². The standard InChI is InChI=1S/C13H24N2O/c1-9-7-15(8-10(9)2)13(16)12-5-3-4-11(12)6-14/h9-12H,3-8,14H2,1-2H3. The number of nitrogens with zero attached hydrogens (tertiary/aromatic N) is 1. The Morgan fingerprint density at radius 3 is 2.44 bits per heavy atom. The van der Waals surface area contributed by atoms with E-state index in [0.717, 1.165) is 25.9 Å². The molecule has 0 bridgehead atoms. The third kappa shape index (κ3) is 2.10. The first-order valence-corrected chi connectivity index (χ1v) is 6.62. The molecule has 1 aliphatic heterocycles. The van der Waals surface area contributed by atoms with Crippen LogP contribution in [0.2, 0.25) is 0 Å². The van der Waals surface area contributed by atoms with Crippen LogP contribution in [-0.2, 0) is 4.79 Å². The molecule has 1 saturated carbocycles. The van der Waals surface area contributed by atoms with Gasteiger partial charge in [-0.3, -0.25) is 4.79 Å². The lowest BCUT2D eigenvalue weighted by atomic mass is 9.95. The van der Waals surface area contributed by atoms with E-state index in [9.17, 15) is 4.79 Å². The van der Waals surface area contributed by atoms with Crippen molar-refractivity contribution in [2.24, 2.45) is 29.4 Å². The fraction of sp³-hybridized carbons (Fsp3) is 0.923. The van der Waals surface area contributed by atoms with E-state index in [1.807, 2.05) is 0 Å². The number of likely N-dealkylation sites (tertiary alicyclic amines) is 1. The minimum absolute atomic E-state index is 0.225. The van der Waals surface area contributed by atoms with Gasteiger partial charge in [0.15, 0.2) is 0 Å². The van der Waals surface area contributed by atoms with Gasteiger partial charge in [0.2, 0.25) is 5.91 Å². The molecule has 3 heteroatoms. The average Bonchev–Trinajstić information content (AvgIpc) is 2.85. The first-order valence-electron chi connectivity index (χ1n) is 6.62. The van der Waals surface area contributed by atoms with E-state index < -0.39 is 0 Å². The molecule has 2 rings (SSSR count). The Hall–Kier alpha value is -0.570. The second-order valence-electron chi connectivity index (χ2n) is 5.73. The lowest BCUT2D eigenvalue weighted by Crippen LogP contribution is -2.37. The number of hydrogen-bond donors (Lipinski definition) is 1. The lowest BCUT2D eigenvalue weighted by Gasteiger charge is -2.24. The van der Waals surface area contributed by atoms with Gasteiger partial charge in [-0.1, -0.05) is 20.3 Å². The van der Waals surface area contributed by atoms with E-state index in [2.05, 4.69) is 18.7 Å². The molecule has 4 atom stereocenters. The Kier molecular flexibility index (Phi) is 3.53. The highest BCUT2D eigenvalue weighted by Crippen LogP contribution is 2.34. The summed E-state index contributed by atoms with van der Waals surface area (Å²) >= 11 is 0. The third-order valence-electron chi connectivity index (χ3n) is 4.58. The summed E-state index contributed by atoms with van der Waals surface area (Å²) in [6, 6.07) is 0. The van der Waals surface area contributed by atoms with Crippen molar-refractivity contribution >= 4 is 5.91 Å². The summed E-state index contributed by atoms with van der Waals surface area (Å²) < 4.78 is 0. The molecule has 0 aromatic carbocycles. The van der Waals surface area contributed by atoms with E-state index in [1.54, 1.807) is 0 Å². The molecule has 16 heavy (non-hydrogen) atoms. The maximum Gasteiger partial charge on any atom is 0.226 e. The summed E-state index contributed by atoms with van der Waals surface area (Å²) in [4.78, 5) is 14.5. The van der Waals surface area contributed by atoms with Crippen LogP contribution in [0.5, 0.6) is 0 Å². The van der Waals surface area contributed by atoms with Crippen LogP contribution in [0, 0.1) is 23.7 Å². The molecule has 3 nitrogen and oxygen atoms in total. The van der Waals surface area contributed by atoms with Crippen LogP contribution < -0.4 is 5.73 Å². The number of carbonyl (C=O) groups is 1. The highest BCUT2D eigenvalue weighted by Gasteiger charge is 2.38. The Morgan fingerprint density at radius 2 is 1.88 bits per heavy atom.